The fraction of sp³-hybridized carbons (Fsp3) is 0.375. The van der Waals surface area contributed by atoms with Gasteiger partial charge in [-0.2, -0.15) is 0 Å². The molecule has 2 aromatic carbocycles. The van der Waals surface area contributed by atoms with E-state index in [4.69, 9.17) is 0 Å². The molecule has 114 valence electrons. The van der Waals surface area contributed by atoms with Crippen LogP contribution in [0.1, 0.15) is 0 Å². The topological polar surface area (TPSA) is 0 Å². The summed E-state index contributed by atoms with van der Waals surface area (Å²) >= 11 is 12.9. The number of benzene rings is 2. The van der Waals surface area contributed by atoms with Gasteiger partial charge in [-0.3, -0.25) is 0 Å². The molecule has 3 aliphatic rings. The van der Waals surface area contributed by atoms with Crippen molar-refractivity contribution < 1.29 is 0 Å². The van der Waals surface area contributed by atoms with Crippen molar-refractivity contribution in [2.45, 2.75) is 28.1 Å². The molecular formula is C16H14S6. The zero-order chi connectivity index (χ0) is 14.5. The maximum atomic E-state index is 2.41. The Morgan fingerprint density at radius 1 is 0.773 bits per heavy atom. The van der Waals surface area contributed by atoms with Gasteiger partial charge in [-0.15, -0.1) is 70.6 Å². The lowest BCUT2D eigenvalue weighted by Gasteiger charge is -2.31. The Morgan fingerprint density at radius 3 is 1.64 bits per heavy atom. The Labute approximate surface area is 156 Å². The van der Waals surface area contributed by atoms with Crippen molar-refractivity contribution in [1.82, 2.24) is 0 Å². The van der Waals surface area contributed by atoms with E-state index in [-0.39, 0.29) is 0 Å². The van der Waals surface area contributed by atoms with E-state index < -0.39 is 0 Å². The van der Waals surface area contributed by atoms with Gasteiger partial charge in [0, 0.05) is 21.3 Å². The summed E-state index contributed by atoms with van der Waals surface area (Å²) < 4.78 is 3.11. The van der Waals surface area contributed by atoms with Crippen molar-refractivity contribution in [3.05, 3.63) is 36.4 Å². The van der Waals surface area contributed by atoms with E-state index in [0.717, 1.165) is 9.16 Å². The van der Waals surface area contributed by atoms with Crippen molar-refractivity contribution in [3.8, 4) is 0 Å². The molecule has 22 heavy (non-hydrogen) atoms. The summed E-state index contributed by atoms with van der Waals surface area (Å²) in [5.74, 6) is 2.71. The van der Waals surface area contributed by atoms with Crippen molar-refractivity contribution in [3.63, 3.8) is 0 Å². The highest BCUT2D eigenvalue weighted by molar-refractivity contribution is 8.33. The lowest BCUT2D eigenvalue weighted by atomic mass is 10.1. The molecule has 0 radical (unpaired) electrons. The largest absolute Gasteiger partial charge is 0.145 e. The number of hydrogen-bond donors (Lipinski definition) is 0. The van der Waals surface area contributed by atoms with E-state index in [2.05, 4.69) is 107 Å². The molecule has 3 aliphatic heterocycles. The standard InChI is InChI=1S/C16H14S6/c1-2-4-10-6-12-11(5-9(10)3-1)19-15(21-13-7-17-13)16(20-12)22-14-8-18-14/h1-6,13-16H,7-8H2. The summed E-state index contributed by atoms with van der Waals surface area (Å²) in [6.45, 7) is 0. The average Bonchev–Trinajstić information content (AvgIpc) is 3.42. The molecule has 4 atom stereocenters. The predicted octanol–water partition coefficient (Wildman–Crippen LogP) is 6.30. The highest BCUT2D eigenvalue weighted by Gasteiger charge is 2.39. The van der Waals surface area contributed by atoms with Gasteiger partial charge in [-0.1, -0.05) is 24.3 Å². The minimum atomic E-state index is 0.699. The summed E-state index contributed by atoms with van der Waals surface area (Å²) in [4.78, 5) is 2.99. The van der Waals surface area contributed by atoms with E-state index in [1.807, 2.05) is 0 Å². The quantitative estimate of drug-likeness (QED) is 0.550. The molecule has 2 fully saturated rings. The number of rotatable bonds is 4. The van der Waals surface area contributed by atoms with E-state index in [1.165, 1.54) is 32.1 Å². The molecule has 0 bridgehead atoms. The number of fused-ring (bicyclic) bond motifs is 2. The second kappa shape index (κ2) is 6.26. The van der Waals surface area contributed by atoms with Crippen molar-refractivity contribution in [1.29, 1.82) is 0 Å². The van der Waals surface area contributed by atoms with E-state index in [9.17, 15) is 0 Å². The normalized spacial score (nSPS) is 32.7. The molecule has 0 aliphatic carbocycles. The summed E-state index contributed by atoms with van der Waals surface area (Å²) in [6.07, 6.45) is 0. The van der Waals surface area contributed by atoms with Crippen LogP contribution < -0.4 is 0 Å². The molecule has 5 rings (SSSR count). The smallest absolute Gasteiger partial charge is 0.0775 e. The second-order valence-electron chi connectivity index (χ2n) is 5.42. The van der Waals surface area contributed by atoms with Gasteiger partial charge >= 0.3 is 0 Å². The Balaban J connectivity index is 1.48. The van der Waals surface area contributed by atoms with Gasteiger partial charge in [-0.25, -0.2) is 0 Å². The first-order chi connectivity index (χ1) is 10.8. The van der Waals surface area contributed by atoms with Gasteiger partial charge in [0.2, 0.25) is 0 Å². The van der Waals surface area contributed by atoms with Crippen LogP contribution in [0, 0.1) is 0 Å². The van der Waals surface area contributed by atoms with Crippen LogP contribution in [0.2, 0.25) is 0 Å². The van der Waals surface area contributed by atoms with E-state index in [1.54, 1.807) is 0 Å². The Bertz CT molecular complexity index is 648. The maximum absolute atomic E-state index is 2.41. The third-order valence-corrected chi connectivity index (χ3v) is 13.2. The highest BCUT2D eigenvalue weighted by Crippen LogP contribution is 2.59. The first-order valence-corrected chi connectivity index (χ1v) is 13.0. The zero-order valence-corrected chi connectivity index (χ0v) is 16.5. The van der Waals surface area contributed by atoms with Crippen LogP contribution >= 0.6 is 70.6 Å². The molecule has 0 spiro atoms. The fourth-order valence-electron chi connectivity index (χ4n) is 2.46. The maximum Gasteiger partial charge on any atom is 0.0775 e. The summed E-state index contributed by atoms with van der Waals surface area (Å²) in [7, 11) is 0. The van der Waals surface area contributed by atoms with Gasteiger partial charge in [-0.05, 0) is 22.9 Å². The number of hydrogen-bond acceptors (Lipinski definition) is 6. The van der Waals surface area contributed by atoms with Gasteiger partial charge in [0.1, 0.15) is 0 Å². The second-order valence-corrected chi connectivity index (χ2v) is 14.1. The molecule has 2 aromatic rings. The highest BCUT2D eigenvalue weighted by atomic mass is 32.2. The molecule has 0 amide bonds. The molecular weight excluding hydrogens is 385 g/mol. The Morgan fingerprint density at radius 2 is 1.23 bits per heavy atom. The van der Waals surface area contributed by atoms with Crippen LogP contribution in [0.3, 0.4) is 0 Å². The van der Waals surface area contributed by atoms with E-state index >= 15 is 0 Å². The van der Waals surface area contributed by atoms with Crippen LogP contribution in [-0.4, -0.2) is 29.8 Å². The number of thioether (sulfide) groups is 6. The van der Waals surface area contributed by atoms with Crippen LogP contribution in [0.15, 0.2) is 46.2 Å². The molecule has 0 aromatic heterocycles. The van der Waals surface area contributed by atoms with Crippen LogP contribution in [0.4, 0.5) is 0 Å². The third-order valence-electron chi connectivity index (χ3n) is 3.70. The van der Waals surface area contributed by atoms with Gasteiger partial charge in [0.25, 0.3) is 0 Å². The summed E-state index contributed by atoms with van der Waals surface area (Å²) in [5, 5.41) is 2.76. The fourth-order valence-corrected chi connectivity index (χ4v) is 11.4. The molecule has 6 heteroatoms. The van der Waals surface area contributed by atoms with Crippen molar-refractivity contribution in [2.75, 3.05) is 11.5 Å². The Hall–Kier alpha value is 0.800. The monoisotopic (exact) mass is 398 g/mol. The summed E-state index contributed by atoms with van der Waals surface area (Å²) in [5.41, 5.74) is 0. The first-order valence-electron chi connectivity index (χ1n) is 7.25. The minimum Gasteiger partial charge on any atom is -0.145 e. The predicted molar refractivity (Wildman–Crippen MR) is 111 cm³/mol. The van der Waals surface area contributed by atoms with Crippen molar-refractivity contribution >= 4 is 81.3 Å². The molecule has 0 N–H and O–H groups in total. The molecule has 4 unspecified atom stereocenters. The molecule has 2 saturated heterocycles. The third kappa shape index (κ3) is 3.29. The van der Waals surface area contributed by atoms with Gasteiger partial charge < -0.3 is 0 Å². The molecule has 3 heterocycles. The summed E-state index contributed by atoms with van der Waals surface area (Å²) in [6, 6.07) is 13.6. The average molecular weight is 399 g/mol. The Kier molecular flexibility index (Phi) is 4.30. The minimum absolute atomic E-state index is 0.699. The van der Waals surface area contributed by atoms with Crippen LogP contribution in [0.5, 0.6) is 0 Å². The lowest BCUT2D eigenvalue weighted by molar-refractivity contribution is 1.20. The molecule has 0 nitrogen and oxygen atoms in total. The van der Waals surface area contributed by atoms with Gasteiger partial charge in [0.05, 0.1) is 18.3 Å². The van der Waals surface area contributed by atoms with Gasteiger partial charge in [0.15, 0.2) is 0 Å². The van der Waals surface area contributed by atoms with E-state index in [0.29, 0.717) is 9.16 Å². The first kappa shape index (κ1) is 15.1. The van der Waals surface area contributed by atoms with Crippen molar-refractivity contribution in [2.24, 2.45) is 0 Å². The molecule has 0 saturated carbocycles. The lowest BCUT2D eigenvalue weighted by Crippen LogP contribution is -2.18. The zero-order valence-electron chi connectivity index (χ0n) is 11.6. The van der Waals surface area contributed by atoms with Crippen LogP contribution in [0.25, 0.3) is 10.8 Å². The SMILES string of the molecule is c1ccc2cc3c(cc2c1)SC(SC1CS1)C(SC1CS1)S3. The van der Waals surface area contributed by atoms with Crippen LogP contribution in [-0.2, 0) is 0 Å².